The van der Waals surface area contributed by atoms with E-state index in [1.165, 1.54) is 25.7 Å². The summed E-state index contributed by atoms with van der Waals surface area (Å²) in [6.07, 6.45) is 6.34. The van der Waals surface area contributed by atoms with Gasteiger partial charge in [0.1, 0.15) is 0 Å². The van der Waals surface area contributed by atoms with Gasteiger partial charge in [0.05, 0.1) is 0 Å². The number of hydroxylamine groups is 1. The van der Waals surface area contributed by atoms with Crippen molar-refractivity contribution in [3.8, 4) is 0 Å². The van der Waals surface area contributed by atoms with Gasteiger partial charge in [-0.2, -0.15) is 0 Å². The average molecular weight is 302 g/mol. The maximum absolute atomic E-state index is 12.4. The second-order valence-corrected chi connectivity index (χ2v) is 6.34. The van der Waals surface area contributed by atoms with Crippen LogP contribution in [0.3, 0.4) is 0 Å². The fraction of sp³-hybridized carbons (Fsp3) is 0.529. The molecule has 1 aromatic rings. The van der Waals surface area contributed by atoms with Gasteiger partial charge in [0, 0.05) is 25.1 Å². The van der Waals surface area contributed by atoms with Crippen LogP contribution in [0.25, 0.3) is 0 Å². The zero-order valence-corrected chi connectivity index (χ0v) is 12.7. The summed E-state index contributed by atoms with van der Waals surface area (Å²) in [7, 11) is 0. The lowest BCUT2D eigenvalue weighted by molar-refractivity contribution is -0.133. The Morgan fingerprint density at radius 3 is 2.73 bits per heavy atom. The Labute approximate surface area is 130 Å². The fourth-order valence-electron chi connectivity index (χ4n) is 3.56. The van der Waals surface area contributed by atoms with Gasteiger partial charge in [0.15, 0.2) is 0 Å². The number of hydrogen-bond acceptors (Lipinski definition) is 3. The molecule has 2 aliphatic rings. The Hall–Kier alpha value is -1.88. The number of benzene rings is 1. The molecule has 118 valence electrons. The first-order valence-corrected chi connectivity index (χ1v) is 8.01. The molecule has 0 saturated heterocycles. The Morgan fingerprint density at radius 1 is 1.23 bits per heavy atom. The Kier molecular flexibility index (Phi) is 4.43. The highest BCUT2D eigenvalue weighted by Crippen LogP contribution is 2.29. The van der Waals surface area contributed by atoms with Crippen molar-refractivity contribution in [3.05, 3.63) is 34.9 Å². The Balaban J connectivity index is 1.65. The minimum absolute atomic E-state index is 0.259. The Morgan fingerprint density at radius 2 is 2.00 bits per heavy atom. The van der Waals surface area contributed by atoms with Crippen LogP contribution >= 0.6 is 0 Å². The quantitative estimate of drug-likeness (QED) is 0.665. The van der Waals surface area contributed by atoms with Gasteiger partial charge in [-0.05, 0) is 48.4 Å². The summed E-state index contributed by atoms with van der Waals surface area (Å²) in [5.74, 6) is 0.335. The topological polar surface area (TPSA) is 69.6 Å². The molecule has 0 atom stereocenters. The molecule has 1 heterocycles. The van der Waals surface area contributed by atoms with Crippen LogP contribution in [-0.4, -0.2) is 28.5 Å². The van der Waals surface area contributed by atoms with Crippen LogP contribution in [-0.2, 0) is 17.8 Å². The van der Waals surface area contributed by atoms with Crippen molar-refractivity contribution in [1.29, 1.82) is 0 Å². The highest BCUT2D eigenvalue weighted by Gasteiger charge is 2.25. The number of carbonyl (C=O) groups is 2. The van der Waals surface area contributed by atoms with Crippen molar-refractivity contribution in [2.75, 3.05) is 6.54 Å². The van der Waals surface area contributed by atoms with Gasteiger partial charge in [-0.25, -0.2) is 5.48 Å². The van der Waals surface area contributed by atoms with E-state index in [4.69, 9.17) is 5.21 Å². The van der Waals surface area contributed by atoms with Crippen LogP contribution in [0.5, 0.6) is 0 Å². The number of amides is 2. The van der Waals surface area contributed by atoms with E-state index in [1.807, 2.05) is 11.0 Å². The summed E-state index contributed by atoms with van der Waals surface area (Å²) in [4.78, 5) is 25.8. The number of hydrogen-bond donors (Lipinski definition) is 2. The molecule has 0 spiro atoms. The van der Waals surface area contributed by atoms with E-state index in [1.54, 1.807) is 17.6 Å². The normalized spacial score (nSPS) is 18.1. The van der Waals surface area contributed by atoms with Crippen molar-refractivity contribution >= 4 is 11.8 Å². The molecule has 2 N–H and O–H groups in total. The van der Waals surface area contributed by atoms with Crippen LogP contribution in [0.2, 0.25) is 0 Å². The first-order valence-electron chi connectivity index (χ1n) is 8.01. The second-order valence-electron chi connectivity index (χ2n) is 6.34. The molecule has 0 bridgehead atoms. The molecule has 0 radical (unpaired) electrons. The zero-order valence-electron chi connectivity index (χ0n) is 12.7. The van der Waals surface area contributed by atoms with E-state index in [0.717, 1.165) is 17.5 Å². The first kappa shape index (κ1) is 15.0. The summed E-state index contributed by atoms with van der Waals surface area (Å²) < 4.78 is 0. The van der Waals surface area contributed by atoms with E-state index in [0.29, 0.717) is 31.0 Å². The molecule has 5 nitrogen and oxygen atoms in total. The van der Waals surface area contributed by atoms with Crippen LogP contribution in [0.15, 0.2) is 18.2 Å². The lowest BCUT2D eigenvalue weighted by atomic mass is 9.96. The van der Waals surface area contributed by atoms with E-state index >= 15 is 0 Å². The molecule has 0 aromatic heterocycles. The highest BCUT2D eigenvalue weighted by atomic mass is 16.5. The molecule has 1 fully saturated rings. The van der Waals surface area contributed by atoms with Crippen molar-refractivity contribution in [1.82, 2.24) is 10.4 Å². The van der Waals surface area contributed by atoms with Gasteiger partial charge in [-0.15, -0.1) is 0 Å². The van der Waals surface area contributed by atoms with Gasteiger partial charge in [0.25, 0.3) is 5.91 Å². The summed E-state index contributed by atoms with van der Waals surface area (Å²) in [5, 5.41) is 8.69. The third-order valence-corrected chi connectivity index (χ3v) is 4.87. The number of rotatable bonds is 3. The molecular weight excluding hydrogens is 280 g/mol. The highest BCUT2D eigenvalue weighted by molar-refractivity contribution is 5.93. The largest absolute Gasteiger partial charge is 0.338 e. The number of nitrogens with zero attached hydrogens (tertiary/aromatic N) is 1. The van der Waals surface area contributed by atoms with Gasteiger partial charge < -0.3 is 4.90 Å². The minimum Gasteiger partial charge on any atom is -0.338 e. The lowest BCUT2D eigenvalue weighted by Gasteiger charge is -2.30. The molecule has 1 aliphatic heterocycles. The number of carbonyl (C=O) groups excluding carboxylic acids is 2. The molecular formula is C17H22N2O3. The van der Waals surface area contributed by atoms with Crippen LogP contribution in [0.1, 0.15) is 53.6 Å². The predicted octanol–water partition coefficient (Wildman–Crippen LogP) is 2.27. The number of fused-ring (bicyclic) bond motifs is 1. The van der Waals surface area contributed by atoms with Crippen molar-refractivity contribution in [2.45, 2.75) is 45.1 Å². The monoisotopic (exact) mass is 302 g/mol. The average Bonchev–Trinajstić information content (AvgIpc) is 3.06. The number of nitrogens with one attached hydrogen (secondary N) is 1. The van der Waals surface area contributed by atoms with Gasteiger partial charge in [-0.1, -0.05) is 18.9 Å². The third kappa shape index (κ3) is 3.14. The summed E-state index contributed by atoms with van der Waals surface area (Å²) in [6.45, 7) is 1.34. The van der Waals surface area contributed by atoms with E-state index in [-0.39, 0.29) is 5.91 Å². The van der Waals surface area contributed by atoms with Gasteiger partial charge in [0.2, 0.25) is 5.91 Å². The van der Waals surface area contributed by atoms with Crippen molar-refractivity contribution in [2.24, 2.45) is 5.92 Å². The molecule has 5 heteroatoms. The lowest BCUT2D eigenvalue weighted by Crippen LogP contribution is -2.36. The van der Waals surface area contributed by atoms with Crippen LogP contribution in [0.4, 0.5) is 0 Å². The van der Waals surface area contributed by atoms with Crippen LogP contribution < -0.4 is 5.48 Å². The van der Waals surface area contributed by atoms with E-state index in [9.17, 15) is 9.59 Å². The summed E-state index contributed by atoms with van der Waals surface area (Å²) >= 11 is 0. The van der Waals surface area contributed by atoms with Crippen molar-refractivity contribution < 1.29 is 14.8 Å². The van der Waals surface area contributed by atoms with E-state index < -0.39 is 5.91 Å². The second kappa shape index (κ2) is 6.48. The molecule has 0 unspecified atom stereocenters. The third-order valence-electron chi connectivity index (χ3n) is 4.87. The summed E-state index contributed by atoms with van der Waals surface area (Å²) in [5.41, 5.74) is 4.29. The molecule has 22 heavy (non-hydrogen) atoms. The smallest absolute Gasteiger partial charge is 0.274 e. The van der Waals surface area contributed by atoms with Crippen molar-refractivity contribution in [3.63, 3.8) is 0 Å². The Bertz CT molecular complexity index is 579. The van der Waals surface area contributed by atoms with E-state index in [2.05, 4.69) is 0 Å². The zero-order chi connectivity index (χ0) is 15.5. The fourth-order valence-corrected chi connectivity index (χ4v) is 3.56. The summed E-state index contributed by atoms with van der Waals surface area (Å²) in [6, 6.07) is 5.38. The molecule has 2 amide bonds. The minimum atomic E-state index is -0.498. The van der Waals surface area contributed by atoms with Gasteiger partial charge >= 0.3 is 0 Å². The van der Waals surface area contributed by atoms with Crippen LogP contribution in [0, 0.1) is 5.92 Å². The maximum atomic E-state index is 12.4. The molecule has 1 saturated carbocycles. The maximum Gasteiger partial charge on any atom is 0.274 e. The predicted molar refractivity (Wildman–Crippen MR) is 81.4 cm³/mol. The van der Waals surface area contributed by atoms with Gasteiger partial charge in [-0.3, -0.25) is 14.8 Å². The molecule has 1 aromatic carbocycles. The standard InChI is InChI=1S/C17H22N2O3/c20-16(9-12-3-1-2-4-12)19-8-7-13-10-14(17(21)18-22)5-6-15(13)11-19/h5-6,10,12,22H,1-4,7-9,11H2,(H,18,21). The SMILES string of the molecule is O=C(NO)c1ccc2c(c1)CCN(C(=O)CC1CCCC1)C2. The first-order chi connectivity index (χ1) is 10.7. The molecule has 1 aliphatic carbocycles. The molecule has 3 rings (SSSR count).